The predicted octanol–water partition coefficient (Wildman–Crippen LogP) is 3.64. The highest BCUT2D eigenvalue weighted by Gasteiger charge is 2.20. The van der Waals surface area contributed by atoms with Crippen LogP contribution >= 0.6 is 0 Å². The van der Waals surface area contributed by atoms with Gasteiger partial charge in [-0.25, -0.2) is 4.39 Å². The molecule has 0 aliphatic rings. The van der Waals surface area contributed by atoms with Crippen molar-refractivity contribution in [3.63, 3.8) is 0 Å². The van der Waals surface area contributed by atoms with Crippen molar-refractivity contribution in [1.29, 1.82) is 0 Å². The van der Waals surface area contributed by atoms with Crippen molar-refractivity contribution in [2.45, 2.75) is 39.2 Å². The Hall–Kier alpha value is -3.22. The molecule has 29 heavy (non-hydrogen) atoms. The van der Waals surface area contributed by atoms with E-state index >= 15 is 0 Å². The Balaban J connectivity index is 1.88. The van der Waals surface area contributed by atoms with Crippen LogP contribution < -0.4 is 10.6 Å². The van der Waals surface area contributed by atoms with Crippen LogP contribution in [-0.2, 0) is 14.3 Å². The Morgan fingerprint density at radius 3 is 2.48 bits per heavy atom. The molecule has 0 saturated carbocycles. The topological polar surface area (TPSA) is 84.5 Å². The molecular weight excluding hydrogens is 375 g/mol. The summed E-state index contributed by atoms with van der Waals surface area (Å²) in [5, 5.41) is 5.12. The van der Waals surface area contributed by atoms with Gasteiger partial charge in [0, 0.05) is 11.3 Å². The smallest absolute Gasteiger partial charge is 0.326 e. The molecule has 154 valence electrons. The average molecular weight is 400 g/mol. The number of ether oxygens (including phenoxy) is 1. The van der Waals surface area contributed by atoms with Gasteiger partial charge in [0.05, 0.1) is 0 Å². The quantitative estimate of drug-likeness (QED) is 0.663. The maximum atomic E-state index is 13.2. The molecule has 2 aromatic carbocycles. The van der Waals surface area contributed by atoms with Crippen LogP contribution in [0.2, 0.25) is 0 Å². The number of para-hydroxylation sites is 1. The number of halogens is 1. The lowest BCUT2D eigenvalue weighted by Gasteiger charge is -2.18. The number of benzene rings is 2. The van der Waals surface area contributed by atoms with Gasteiger partial charge in [0.15, 0.2) is 6.10 Å². The number of esters is 1. The van der Waals surface area contributed by atoms with Crippen molar-refractivity contribution in [2.24, 2.45) is 0 Å². The summed E-state index contributed by atoms with van der Waals surface area (Å²) in [5.74, 6) is -2.13. The second-order valence-corrected chi connectivity index (χ2v) is 6.71. The predicted molar refractivity (Wildman–Crippen MR) is 108 cm³/mol. The Bertz CT molecular complexity index is 885. The number of carbonyl (C=O) groups is 3. The van der Waals surface area contributed by atoms with Gasteiger partial charge in [-0.2, -0.15) is 0 Å². The van der Waals surface area contributed by atoms with E-state index in [9.17, 15) is 18.8 Å². The van der Waals surface area contributed by atoms with Crippen LogP contribution in [0.1, 0.15) is 49.0 Å². The molecule has 0 spiro atoms. The minimum absolute atomic E-state index is 0.0882. The number of anilines is 1. The van der Waals surface area contributed by atoms with Crippen molar-refractivity contribution in [3.05, 3.63) is 65.5 Å². The lowest BCUT2D eigenvalue weighted by molar-refractivity contribution is -0.152. The average Bonchev–Trinajstić information content (AvgIpc) is 2.71. The summed E-state index contributed by atoms with van der Waals surface area (Å²) in [6.45, 7) is 5.14. The Morgan fingerprint density at radius 1 is 1.07 bits per heavy atom. The molecule has 0 heterocycles. The van der Waals surface area contributed by atoms with Crippen LogP contribution in [0.15, 0.2) is 48.5 Å². The summed E-state index contributed by atoms with van der Waals surface area (Å²) < 4.78 is 18.2. The molecule has 7 heteroatoms. The third kappa shape index (κ3) is 6.41. The van der Waals surface area contributed by atoms with E-state index in [1.165, 1.54) is 25.1 Å². The highest BCUT2D eigenvalue weighted by molar-refractivity contribution is 5.97. The fourth-order valence-electron chi connectivity index (χ4n) is 2.67. The van der Waals surface area contributed by atoms with Crippen LogP contribution in [-0.4, -0.2) is 30.4 Å². The zero-order chi connectivity index (χ0) is 21.4. The third-order valence-corrected chi connectivity index (χ3v) is 4.52. The molecule has 2 rings (SSSR count). The molecule has 6 nitrogen and oxygen atoms in total. The second kappa shape index (κ2) is 10.4. The number of carbonyl (C=O) groups excluding carboxylic acids is 3. The van der Waals surface area contributed by atoms with Crippen LogP contribution in [0.25, 0.3) is 0 Å². The summed E-state index contributed by atoms with van der Waals surface area (Å²) >= 11 is 0. The maximum Gasteiger partial charge on any atom is 0.326 e. The van der Waals surface area contributed by atoms with Gasteiger partial charge in [0.25, 0.3) is 11.8 Å². The van der Waals surface area contributed by atoms with E-state index in [-0.39, 0.29) is 11.5 Å². The first-order chi connectivity index (χ1) is 13.8. The van der Waals surface area contributed by atoms with Gasteiger partial charge in [0.2, 0.25) is 0 Å². The number of nitrogens with one attached hydrogen (secondary N) is 2. The molecular formula is C22H25FN2O4. The molecule has 0 aliphatic carbocycles. The SMILES string of the molecule is CC[C@@H](C)c1ccccc1NC(=O)[C@@H](C)OC(=O)CNC(=O)c1cccc(F)c1. The molecule has 2 atom stereocenters. The van der Waals surface area contributed by atoms with E-state index in [1.807, 2.05) is 18.2 Å². The molecule has 0 fully saturated rings. The first-order valence-corrected chi connectivity index (χ1v) is 9.44. The molecule has 0 saturated heterocycles. The zero-order valence-corrected chi connectivity index (χ0v) is 16.7. The molecule has 0 aliphatic heterocycles. The molecule has 0 bridgehead atoms. The monoisotopic (exact) mass is 400 g/mol. The standard InChI is InChI=1S/C22H25FN2O4/c1-4-14(2)18-10-5-6-11-19(18)25-21(27)15(3)29-20(26)13-24-22(28)16-8-7-9-17(23)12-16/h5-12,14-15H,4,13H2,1-3H3,(H,24,28)(H,25,27)/t14-,15-/m1/s1. The number of hydrogen-bond acceptors (Lipinski definition) is 4. The van der Waals surface area contributed by atoms with Crippen molar-refractivity contribution in [3.8, 4) is 0 Å². The van der Waals surface area contributed by atoms with Crippen molar-refractivity contribution < 1.29 is 23.5 Å². The largest absolute Gasteiger partial charge is 0.451 e. The summed E-state index contributed by atoms with van der Waals surface area (Å²) in [4.78, 5) is 36.3. The van der Waals surface area contributed by atoms with Gasteiger partial charge >= 0.3 is 5.97 Å². The lowest BCUT2D eigenvalue weighted by atomic mass is 9.97. The zero-order valence-electron chi connectivity index (χ0n) is 16.7. The summed E-state index contributed by atoms with van der Waals surface area (Å²) in [6, 6.07) is 12.6. The van der Waals surface area contributed by atoms with Crippen molar-refractivity contribution in [2.75, 3.05) is 11.9 Å². The number of hydrogen-bond donors (Lipinski definition) is 2. The van der Waals surface area contributed by atoms with E-state index in [2.05, 4.69) is 24.5 Å². The number of amides is 2. The molecule has 2 aromatic rings. The van der Waals surface area contributed by atoms with Gasteiger partial charge in [-0.05, 0) is 49.1 Å². The highest BCUT2D eigenvalue weighted by Crippen LogP contribution is 2.26. The van der Waals surface area contributed by atoms with Crippen LogP contribution in [0.4, 0.5) is 10.1 Å². The van der Waals surface area contributed by atoms with Crippen molar-refractivity contribution in [1.82, 2.24) is 5.32 Å². The molecule has 0 unspecified atom stereocenters. The highest BCUT2D eigenvalue weighted by atomic mass is 19.1. The molecule has 2 N–H and O–H groups in total. The van der Waals surface area contributed by atoms with Gasteiger partial charge in [0.1, 0.15) is 12.4 Å². The molecule has 0 aromatic heterocycles. The maximum absolute atomic E-state index is 13.2. The first kappa shape index (κ1) is 22.1. The Kier molecular flexibility index (Phi) is 7.88. The van der Waals surface area contributed by atoms with Gasteiger partial charge in [-0.1, -0.05) is 38.1 Å². The minimum atomic E-state index is -1.04. The van der Waals surface area contributed by atoms with Crippen LogP contribution in [0, 0.1) is 5.82 Å². The Morgan fingerprint density at radius 2 is 1.79 bits per heavy atom. The van der Waals surface area contributed by atoms with Crippen LogP contribution in [0.3, 0.4) is 0 Å². The van der Waals surface area contributed by atoms with Gasteiger partial charge < -0.3 is 15.4 Å². The summed E-state index contributed by atoms with van der Waals surface area (Å²) in [5.41, 5.74) is 1.77. The molecule has 2 amide bonds. The molecule has 0 radical (unpaired) electrons. The van der Waals surface area contributed by atoms with Gasteiger partial charge in [-0.3, -0.25) is 14.4 Å². The van der Waals surface area contributed by atoms with E-state index in [0.29, 0.717) is 5.69 Å². The summed E-state index contributed by atoms with van der Waals surface area (Å²) in [7, 11) is 0. The lowest BCUT2D eigenvalue weighted by Crippen LogP contribution is -2.36. The summed E-state index contributed by atoms with van der Waals surface area (Å²) in [6.07, 6.45) is -0.124. The van der Waals surface area contributed by atoms with E-state index in [0.717, 1.165) is 18.1 Å². The third-order valence-electron chi connectivity index (χ3n) is 4.52. The normalized spacial score (nSPS) is 12.6. The van der Waals surface area contributed by atoms with E-state index in [1.54, 1.807) is 6.07 Å². The van der Waals surface area contributed by atoms with Gasteiger partial charge in [-0.15, -0.1) is 0 Å². The van der Waals surface area contributed by atoms with E-state index in [4.69, 9.17) is 4.74 Å². The fraction of sp³-hybridized carbons (Fsp3) is 0.318. The minimum Gasteiger partial charge on any atom is -0.451 e. The van der Waals surface area contributed by atoms with E-state index < -0.39 is 36.2 Å². The van der Waals surface area contributed by atoms with Crippen LogP contribution in [0.5, 0.6) is 0 Å². The second-order valence-electron chi connectivity index (χ2n) is 6.71. The Labute approximate surface area is 169 Å². The fourth-order valence-corrected chi connectivity index (χ4v) is 2.67. The number of rotatable bonds is 8. The first-order valence-electron chi connectivity index (χ1n) is 9.44. The van der Waals surface area contributed by atoms with Crippen molar-refractivity contribution >= 4 is 23.5 Å².